The lowest BCUT2D eigenvalue weighted by Crippen LogP contribution is -2.26. The number of hydrogen-bond acceptors (Lipinski definition) is 4. The molecule has 1 aromatic carbocycles. The third-order valence-corrected chi connectivity index (χ3v) is 2.69. The number of pyridine rings is 1. The summed E-state index contributed by atoms with van der Waals surface area (Å²) in [5, 5.41) is 13.4. The predicted octanol–water partition coefficient (Wildman–Crippen LogP) is 1.52. The van der Waals surface area contributed by atoms with Crippen molar-refractivity contribution in [3.63, 3.8) is 0 Å². The molecule has 0 aliphatic rings. The van der Waals surface area contributed by atoms with E-state index in [1.807, 2.05) is 0 Å². The van der Waals surface area contributed by atoms with Gasteiger partial charge in [0.2, 0.25) is 0 Å². The second-order valence-corrected chi connectivity index (χ2v) is 3.88. The highest BCUT2D eigenvalue weighted by molar-refractivity contribution is 6.34. The third kappa shape index (κ3) is 2.12. The van der Waals surface area contributed by atoms with Crippen LogP contribution in [-0.4, -0.2) is 28.8 Å². The van der Waals surface area contributed by atoms with Gasteiger partial charge in [0.15, 0.2) is 11.4 Å². The van der Waals surface area contributed by atoms with Gasteiger partial charge in [0.1, 0.15) is 11.4 Å². The van der Waals surface area contributed by atoms with E-state index in [4.69, 9.17) is 11.6 Å². The Labute approximate surface area is 107 Å². The third-order valence-electron chi connectivity index (χ3n) is 2.40. The Morgan fingerprint density at radius 1 is 1.39 bits per heavy atom. The molecule has 18 heavy (non-hydrogen) atoms. The summed E-state index contributed by atoms with van der Waals surface area (Å²) >= 11 is 5.94. The largest absolute Gasteiger partial charge is 0.505 e. The number of aromatic nitrogens is 1. The summed E-state index contributed by atoms with van der Waals surface area (Å²) < 4.78 is 0. The number of amides is 1. The molecule has 0 saturated carbocycles. The van der Waals surface area contributed by atoms with Crippen LogP contribution in [0.1, 0.15) is 10.5 Å². The normalized spacial score (nSPS) is 10.3. The molecule has 0 radical (unpaired) electrons. The molecule has 1 amide bonds. The second-order valence-electron chi connectivity index (χ2n) is 3.52. The number of carbonyl (C=O) groups is 2. The van der Waals surface area contributed by atoms with E-state index in [-0.39, 0.29) is 23.1 Å². The number of nitrogens with zero attached hydrogens (tertiary/aromatic N) is 1. The summed E-state index contributed by atoms with van der Waals surface area (Å²) in [7, 11) is 0. The maximum Gasteiger partial charge on any atom is 0.274 e. The van der Waals surface area contributed by atoms with Gasteiger partial charge < -0.3 is 15.2 Å². The molecule has 0 bridgehead atoms. The van der Waals surface area contributed by atoms with Gasteiger partial charge >= 0.3 is 0 Å². The number of rotatable bonds is 3. The molecular weight excluding hydrogens is 256 g/mol. The van der Waals surface area contributed by atoms with Crippen molar-refractivity contribution in [2.45, 2.75) is 0 Å². The number of aromatic hydroxyl groups is 1. The predicted molar refractivity (Wildman–Crippen MR) is 66.8 cm³/mol. The molecule has 1 aromatic heterocycles. The fourth-order valence-electron chi connectivity index (χ4n) is 1.58. The highest BCUT2D eigenvalue weighted by Crippen LogP contribution is 2.31. The zero-order valence-electron chi connectivity index (χ0n) is 9.18. The lowest BCUT2D eigenvalue weighted by molar-refractivity contribution is -0.107. The van der Waals surface area contributed by atoms with E-state index in [0.717, 1.165) is 0 Å². The topological polar surface area (TPSA) is 79.3 Å². The maximum atomic E-state index is 11.7. The van der Waals surface area contributed by atoms with E-state index in [0.29, 0.717) is 17.1 Å². The number of nitrogens with one attached hydrogen (secondary N) is 1. The van der Waals surface area contributed by atoms with Gasteiger partial charge in [-0.3, -0.25) is 4.79 Å². The molecule has 0 saturated heterocycles. The van der Waals surface area contributed by atoms with E-state index in [2.05, 4.69) is 10.3 Å². The molecule has 92 valence electrons. The van der Waals surface area contributed by atoms with Crippen LogP contribution in [0.15, 0.2) is 24.3 Å². The highest BCUT2D eigenvalue weighted by atomic mass is 35.5. The Morgan fingerprint density at radius 3 is 2.72 bits per heavy atom. The molecule has 6 heteroatoms. The van der Waals surface area contributed by atoms with Crippen molar-refractivity contribution in [2.75, 3.05) is 6.54 Å². The van der Waals surface area contributed by atoms with Crippen molar-refractivity contribution in [3.8, 4) is 5.75 Å². The zero-order chi connectivity index (χ0) is 13.1. The Balaban J connectivity index is 2.55. The summed E-state index contributed by atoms with van der Waals surface area (Å²) in [5.41, 5.74) is -0.194. The number of hydrogen-bond donors (Lipinski definition) is 2. The second kappa shape index (κ2) is 5.01. The minimum Gasteiger partial charge on any atom is -0.505 e. The van der Waals surface area contributed by atoms with E-state index in [1.54, 1.807) is 24.3 Å². The molecule has 0 aliphatic carbocycles. The fraction of sp³-hybridized carbons (Fsp3) is 0.0833. The summed E-state index contributed by atoms with van der Waals surface area (Å²) in [6, 6.07) is 6.79. The average molecular weight is 265 g/mol. The van der Waals surface area contributed by atoms with Crippen molar-refractivity contribution in [2.24, 2.45) is 0 Å². The van der Waals surface area contributed by atoms with Crippen LogP contribution in [-0.2, 0) is 4.79 Å². The van der Waals surface area contributed by atoms with E-state index < -0.39 is 5.91 Å². The number of fused-ring (bicyclic) bond motifs is 1. The summed E-state index contributed by atoms with van der Waals surface area (Å²) in [6.45, 7) is -0.148. The van der Waals surface area contributed by atoms with Crippen LogP contribution in [0, 0.1) is 0 Å². The fourth-order valence-corrected chi connectivity index (χ4v) is 1.83. The lowest BCUT2D eigenvalue weighted by Gasteiger charge is -2.08. The Bertz CT molecular complexity index is 628. The Morgan fingerprint density at radius 2 is 2.06 bits per heavy atom. The van der Waals surface area contributed by atoms with Gasteiger partial charge in [-0.1, -0.05) is 35.9 Å². The van der Waals surface area contributed by atoms with Crippen LogP contribution < -0.4 is 5.32 Å². The molecule has 0 unspecified atom stereocenters. The number of benzene rings is 1. The molecule has 0 aliphatic heterocycles. The van der Waals surface area contributed by atoms with Gasteiger partial charge in [-0.15, -0.1) is 0 Å². The monoisotopic (exact) mass is 264 g/mol. The summed E-state index contributed by atoms with van der Waals surface area (Å²) in [6.07, 6.45) is 0.539. The van der Waals surface area contributed by atoms with Crippen molar-refractivity contribution < 1.29 is 14.7 Å². The van der Waals surface area contributed by atoms with Gasteiger partial charge in [-0.25, -0.2) is 4.98 Å². The molecular formula is C12H9ClN2O3. The lowest BCUT2D eigenvalue weighted by atomic mass is 10.1. The molecule has 0 fully saturated rings. The first-order chi connectivity index (χ1) is 8.65. The molecule has 1 heterocycles. The van der Waals surface area contributed by atoms with Gasteiger partial charge in [-0.2, -0.15) is 0 Å². The van der Waals surface area contributed by atoms with E-state index in [9.17, 15) is 14.7 Å². The summed E-state index contributed by atoms with van der Waals surface area (Å²) in [4.78, 5) is 25.7. The molecule has 2 N–H and O–H groups in total. The first-order valence-corrected chi connectivity index (χ1v) is 5.52. The quantitative estimate of drug-likeness (QED) is 0.651. The molecule has 0 spiro atoms. The van der Waals surface area contributed by atoms with Gasteiger partial charge in [-0.05, 0) is 0 Å². The molecule has 0 atom stereocenters. The van der Waals surface area contributed by atoms with Gasteiger partial charge in [0, 0.05) is 10.8 Å². The average Bonchev–Trinajstić information content (AvgIpc) is 2.40. The maximum absolute atomic E-state index is 11.7. The Kier molecular flexibility index (Phi) is 3.43. The number of aldehydes is 1. The van der Waals surface area contributed by atoms with Crippen LogP contribution in [0.25, 0.3) is 10.8 Å². The standard InChI is InChI=1S/C12H9ClN2O3/c13-11-8-4-2-1-3-7(8)10(17)9(15-11)12(18)14-5-6-16/h1-4,6,17H,5H2,(H,14,18). The minimum absolute atomic E-state index is 0.125. The van der Waals surface area contributed by atoms with Crippen molar-refractivity contribution in [1.29, 1.82) is 0 Å². The van der Waals surface area contributed by atoms with Crippen molar-refractivity contribution in [1.82, 2.24) is 10.3 Å². The number of carbonyl (C=O) groups excluding carboxylic acids is 2. The molecule has 2 rings (SSSR count). The minimum atomic E-state index is -0.646. The zero-order valence-corrected chi connectivity index (χ0v) is 9.94. The smallest absolute Gasteiger partial charge is 0.274 e. The molecule has 2 aromatic rings. The van der Waals surface area contributed by atoms with Gasteiger partial charge in [0.25, 0.3) is 5.91 Å². The SMILES string of the molecule is O=CCNC(=O)c1nc(Cl)c2ccccc2c1O. The van der Waals surface area contributed by atoms with Crippen LogP contribution in [0.5, 0.6) is 5.75 Å². The first-order valence-electron chi connectivity index (χ1n) is 5.14. The highest BCUT2D eigenvalue weighted by Gasteiger charge is 2.17. The number of halogens is 1. The van der Waals surface area contributed by atoms with E-state index in [1.165, 1.54) is 0 Å². The molecule has 5 nitrogen and oxygen atoms in total. The van der Waals surface area contributed by atoms with Crippen LogP contribution >= 0.6 is 11.6 Å². The Hall–Kier alpha value is -2.14. The summed E-state index contributed by atoms with van der Waals surface area (Å²) in [5.74, 6) is -0.898. The first kappa shape index (κ1) is 12.3. The van der Waals surface area contributed by atoms with Crippen LogP contribution in [0.3, 0.4) is 0 Å². The van der Waals surface area contributed by atoms with E-state index >= 15 is 0 Å². The van der Waals surface area contributed by atoms with Crippen molar-refractivity contribution >= 4 is 34.6 Å². The van der Waals surface area contributed by atoms with Gasteiger partial charge in [0.05, 0.1) is 6.54 Å². The van der Waals surface area contributed by atoms with Crippen molar-refractivity contribution in [3.05, 3.63) is 35.1 Å². The van der Waals surface area contributed by atoms with Crippen LogP contribution in [0.2, 0.25) is 5.15 Å². The van der Waals surface area contributed by atoms with Crippen LogP contribution in [0.4, 0.5) is 0 Å².